The lowest BCUT2D eigenvalue weighted by atomic mass is 10.2. The molecule has 0 heterocycles. The number of sulfonamides is 1. The molecule has 0 aromatic heterocycles. The van der Waals surface area contributed by atoms with E-state index in [9.17, 15) is 13.2 Å². The second-order valence-corrected chi connectivity index (χ2v) is 7.02. The van der Waals surface area contributed by atoms with Gasteiger partial charge in [-0.2, -0.15) is 0 Å². The van der Waals surface area contributed by atoms with Gasteiger partial charge in [0, 0.05) is 11.0 Å². The number of halogens is 3. The smallest absolute Gasteiger partial charge is 0.338 e. The lowest BCUT2D eigenvalue weighted by Gasteiger charge is -2.10. The van der Waals surface area contributed by atoms with E-state index < -0.39 is 26.6 Å². The first-order chi connectivity index (χ1) is 8.66. The van der Waals surface area contributed by atoms with Crippen LogP contribution in [-0.4, -0.2) is 26.0 Å². The number of aromatic carboxylic acids is 1. The Morgan fingerprint density at radius 3 is 2.47 bits per heavy atom. The van der Waals surface area contributed by atoms with Crippen LogP contribution in [-0.2, 0) is 10.0 Å². The van der Waals surface area contributed by atoms with Gasteiger partial charge in [-0.3, -0.25) is 0 Å². The number of carbonyl (C=O) groups is 1. The Bertz CT molecular complexity index is 645. The quantitative estimate of drug-likeness (QED) is 0.812. The molecule has 0 aliphatic carbocycles. The van der Waals surface area contributed by atoms with E-state index >= 15 is 0 Å². The van der Waals surface area contributed by atoms with Crippen LogP contribution >= 0.6 is 39.1 Å². The Balaban J connectivity index is 3.33. The molecule has 0 atom stereocenters. The van der Waals surface area contributed by atoms with Crippen molar-refractivity contribution in [2.75, 3.05) is 6.54 Å². The SMILES string of the molecule is C=C(Br)CNS(=O)(=O)c1ccc(Cl)c(C(=O)O)c1Cl. The number of hydrogen-bond acceptors (Lipinski definition) is 3. The molecule has 0 bridgehead atoms. The lowest BCUT2D eigenvalue weighted by Crippen LogP contribution is -2.25. The second-order valence-electron chi connectivity index (χ2n) is 3.38. The van der Waals surface area contributed by atoms with E-state index in [0.29, 0.717) is 4.48 Å². The van der Waals surface area contributed by atoms with E-state index in [2.05, 4.69) is 27.2 Å². The zero-order valence-corrected chi connectivity index (χ0v) is 13.2. The summed E-state index contributed by atoms with van der Waals surface area (Å²) in [7, 11) is -3.95. The average molecular weight is 389 g/mol. The van der Waals surface area contributed by atoms with Crippen molar-refractivity contribution < 1.29 is 18.3 Å². The minimum Gasteiger partial charge on any atom is -0.478 e. The molecule has 104 valence electrons. The summed E-state index contributed by atoms with van der Waals surface area (Å²) in [6.07, 6.45) is 0. The maximum atomic E-state index is 12.0. The predicted molar refractivity (Wildman–Crippen MR) is 76.7 cm³/mol. The van der Waals surface area contributed by atoms with Crippen LogP contribution in [0.4, 0.5) is 0 Å². The van der Waals surface area contributed by atoms with Crippen molar-refractivity contribution in [2.45, 2.75) is 4.90 Å². The zero-order chi connectivity index (χ0) is 14.8. The maximum Gasteiger partial charge on any atom is 0.338 e. The Morgan fingerprint density at radius 1 is 1.42 bits per heavy atom. The minimum absolute atomic E-state index is 0.0519. The summed E-state index contributed by atoms with van der Waals surface area (Å²) in [6, 6.07) is 2.30. The average Bonchev–Trinajstić information content (AvgIpc) is 2.25. The number of benzene rings is 1. The van der Waals surface area contributed by atoms with Gasteiger partial charge in [0.25, 0.3) is 0 Å². The summed E-state index contributed by atoms with van der Waals surface area (Å²) in [4.78, 5) is 10.6. The van der Waals surface area contributed by atoms with Crippen LogP contribution in [0.15, 0.2) is 28.1 Å². The molecule has 0 unspecified atom stereocenters. The van der Waals surface area contributed by atoms with Crippen LogP contribution in [0.1, 0.15) is 10.4 Å². The van der Waals surface area contributed by atoms with Gasteiger partial charge < -0.3 is 5.11 Å². The number of carboxylic acids is 1. The van der Waals surface area contributed by atoms with Crippen LogP contribution in [0.25, 0.3) is 0 Å². The third-order valence-corrected chi connectivity index (χ3v) is 4.56. The van der Waals surface area contributed by atoms with Crippen LogP contribution in [0.3, 0.4) is 0 Å². The van der Waals surface area contributed by atoms with Crippen LogP contribution < -0.4 is 4.72 Å². The van der Waals surface area contributed by atoms with E-state index in [-0.39, 0.29) is 16.5 Å². The fraction of sp³-hybridized carbons (Fsp3) is 0.100. The van der Waals surface area contributed by atoms with Gasteiger partial charge in [-0.05, 0) is 12.1 Å². The van der Waals surface area contributed by atoms with Crippen molar-refractivity contribution in [1.82, 2.24) is 4.72 Å². The molecule has 1 aromatic rings. The first-order valence-electron chi connectivity index (χ1n) is 4.71. The molecule has 0 spiro atoms. The van der Waals surface area contributed by atoms with E-state index in [1.165, 1.54) is 0 Å². The van der Waals surface area contributed by atoms with Gasteiger partial charge in [0.05, 0.1) is 15.6 Å². The van der Waals surface area contributed by atoms with Gasteiger partial charge in [0.1, 0.15) is 4.90 Å². The van der Waals surface area contributed by atoms with Gasteiger partial charge in [0.15, 0.2) is 0 Å². The summed E-state index contributed by atoms with van der Waals surface area (Å²) in [5, 5.41) is 8.37. The fourth-order valence-corrected chi connectivity index (χ4v) is 3.46. The molecular formula is C10H8BrCl2NO4S. The van der Waals surface area contributed by atoms with Gasteiger partial charge in [-0.15, -0.1) is 0 Å². The molecule has 0 amide bonds. The Labute approximate surface area is 128 Å². The molecule has 2 N–H and O–H groups in total. The maximum absolute atomic E-state index is 12.0. The van der Waals surface area contributed by atoms with Crippen molar-refractivity contribution in [3.05, 3.63) is 38.8 Å². The van der Waals surface area contributed by atoms with Crippen molar-refractivity contribution in [1.29, 1.82) is 0 Å². The highest BCUT2D eigenvalue weighted by molar-refractivity contribution is 9.11. The van der Waals surface area contributed by atoms with E-state index in [4.69, 9.17) is 28.3 Å². The number of rotatable bonds is 5. The molecule has 0 saturated carbocycles. The highest BCUT2D eigenvalue weighted by atomic mass is 79.9. The largest absolute Gasteiger partial charge is 0.478 e. The highest BCUT2D eigenvalue weighted by Crippen LogP contribution is 2.31. The van der Waals surface area contributed by atoms with E-state index in [1.807, 2.05) is 0 Å². The molecular weight excluding hydrogens is 381 g/mol. The summed E-state index contributed by atoms with van der Waals surface area (Å²) in [5.41, 5.74) is -0.455. The van der Waals surface area contributed by atoms with Crippen LogP contribution in [0.5, 0.6) is 0 Å². The van der Waals surface area contributed by atoms with Gasteiger partial charge >= 0.3 is 5.97 Å². The molecule has 0 aliphatic heterocycles. The van der Waals surface area contributed by atoms with Crippen molar-refractivity contribution in [3.8, 4) is 0 Å². The third kappa shape index (κ3) is 3.93. The van der Waals surface area contributed by atoms with Gasteiger partial charge in [-0.1, -0.05) is 45.7 Å². The van der Waals surface area contributed by atoms with Crippen molar-refractivity contribution in [3.63, 3.8) is 0 Å². The first-order valence-corrected chi connectivity index (χ1v) is 7.74. The van der Waals surface area contributed by atoms with Crippen LogP contribution in [0, 0.1) is 0 Å². The summed E-state index contributed by atoms with van der Waals surface area (Å²) < 4.78 is 26.5. The Morgan fingerprint density at radius 2 is 2.00 bits per heavy atom. The van der Waals surface area contributed by atoms with E-state index in [1.54, 1.807) is 0 Å². The molecule has 5 nitrogen and oxygen atoms in total. The van der Waals surface area contributed by atoms with E-state index in [0.717, 1.165) is 12.1 Å². The summed E-state index contributed by atoms with van der Waals surface area (Å²) in [6.45, 7) is 3.42. The lowest BCUT2D eigenvalue weighted by molar-refractivity contribution is 0.0697. The molecule has 0 fully saturated rings. The monoisotopic (exact) mass is 387 g/mol. The number of carboxylic acid groups (broad SMARTS) is 1. The normalized spacial score (nSPS) is 11.3. The molecule has 0 saturated heterocycles. The first kappa shape index (κ1) is 16.5. The third-order valence-electron chi connectivity index (χ3n) is 2.01. The molecule has 1 aromatic carbocycles. The standard InChI is InChI=1S/C10H8BrCl2NO4S/c1-5(11)4-14-19(17,18)7-3-2-6(12)8(9(7)13)10(15)16/h2-3,14H,1,4H2,(H,15,16). The molecule has 9 heteroatoms. The predicted octanol–water partition coefficient (Wildman–Crippen LogP) is 2.88. The zero-order valence-electron chi connectivity index (χ0n) is 9.28. The highest BCUT2D eigenvalue weighted by Gasteiger charge is 2.24. The molecule has 19 heavy (non-hydrogen) atoms. The van der Waals surface area contributed by atoms with Gasteiger partial charge in [0.2, 0.25) is 10.0 Å². The molecule has 0 aliphatic rings. The topological polar surface area (TPSA) is 83.5 Å². The van der Waals surface area contributed by atoms with Crippen molar-refractivity contribution >= 4 is 55.1 Å². The summed E-state index contributed by atoms with van der Waals surface area (Å²) >= 11 is 14.5. The van der Waals surface area contributed by atoms with Crippen LogP contribution in [0.2, 0.25) is 10.0 Å². The Hall–Kier alpha value is -0.600. The van der Waals surface area contributed by atoms with Gasteiger partial charge in [-0.25, -0.2) is 17.9 Å². The fourth-order valence-electron chi connectivity index (χ4n) is 1.19. The minimum atomic E-state index is -3.95. The Kier molecular flexibility index (Phi) is 5.40. The van der Waals surface area contributed by atoms with Crippen molar-refractivity contribution in [2.24, 2.45) is 0 Å². The molecule has 0 radical (unpaired) electrons. The second kappa shape index (κ2) is 6.23. The number of hydrogen-bond donors (Lipinski definition) is 2. The summed E-state index contributed by atoms with van der Waals surface area (Å²) in [5.74, 6) is -1.41. The number of nitrogens with one attached hydrogen (secondary N) is 1. The molecule has 1 rings (SSSR count).